The maximum atomic E-state index is 11.5. The van der Waals surface area contributed by atoms with Gasteiger partial charge < -0.3 is 15.1 Å². The number of aryl methyl sites for hydroxylation is 1. The molecule has 1 rings (SSSR count). The first-order chi connectivity index (χ1) is 7.04. The van der Waals surface area contributed by atoms with Gasteiger partial charge in [-0.2, -0.15) is 0 Å². The molecule has 4 heteroatoms. The molecule has 84 valence electrons. The minimum Gasteiger partial charge on any atom is -0.464 e. The van der Waals surface area contributed by atoms with Crippen LogP contribution in [0.1, 0.15) is 31.4 Å². The van der Waals surface area contributed by atoms with E-state index in [0.717, 1.165) is 11.5 Å². The summed E-state index contributed by atoms with van der Waals surface area (Å²) in [5, 5.41) is 5.75. The van der Waals surface area contributed by atoms with Crippen molar-refractivity contribution < 1.29 is 9.21 Å². The van der Waals surface area contributed by atoms with Gasteiger partial charge in [-0.1, -0.05) is 0 Å². The molecule has 1 aromatic rings. The third-order valence-corrected chi connectivity index (χ3v) is 2.37. The molecule has 0 fully saturated rings. The Balaban J connectivity index is 2.56. The van der Waals surface area contributed by atoms with Crippen molar-refractivity contribution in [1.29, 1.82) is 0 Å². The molecule has 1 aromatic heterocycles. The van der Waals surface area contributed by atoms with E-state index in [-0.39, 0.29) is 18.0 Å². The van der Waals surface area contributed by atoms with E-state index in [1.165, 1.54) is 0 Å². The average Bonchev–Trinajstić information content (AvgIpc) is 2.63. The summed E-state index contributed by atoms with van der Waals surface area (Å²) >= 11 is 0. The van der Waals surface area contributed by atoms with Crippen molar-refractivity contribution in [2.45, 2.75) is 32.9 Å². The molecule has 1 heterocycles. The van der Waals surface area contributed by atoms with Gasteiger partial charge in [-0.25, -0.2) is 0 Å². The molecule has 4 nitrogen and oxygen atoms in total. The van der Waals surface area contributed by atoms with Crippen LogP contribution in [-0.4, -0.2) is 19.0 Å². The van der Waals surface area contributed by atoms with Gasteiger partial charge in [0.1, 0.15) is 11.5 Å². The van der Waals surface area contributed by atoms with Crippen LogP contribution >= 0.6 is 0 Å². The van der Waals surface area contributed by atoms with Gasteiger partial charge in [0.05, 0.1) is 12.1 Å². The van der Waals surface area contributed by atoms with E-state index < -0.39 is 0 Å². The van der Waals surface area contributed by atoms with Crippen LogP contribution in [-0.2, 0) is 4.79 Å². The molecule has 0 spiro atoms. The van der Waals surface area contributed by atoms with Crippen molar-refractivity contribution in [2.24, 2.45) is 0 Å². The lowest BCUT2D eigenvalue weighted by Gasteiger charge is -2.15. The second kappa shape index (κ2) is 4.98. The van der Waals surface area contributed by atoms with Crippen LogP contribution < -0.4 is 10.6 Å². The molecular formula is C11H18N2O2. The summed E-state index contributed by atoms with van der Waals surface area (Å²) < 4.78 is 5.42. The van der Waals surface area contributed by atoms with Gasteiger partial charge >= 0.3 is 0 Å². The van der Waals surface area contributed by atoms with Crippen molar-refractivity contribution in [3.05, 3.63) is 23.7 Å². The third kappa shape index (κ3) is 3.09. The summed E-state index contributed by atoms with van der Waals surface area (Å²) in [6.45, 7) is 5.60. The van der Waals surface area contributed by atoms with Crippen molar-refractivity contribution in [3.8, 4) is 0 Å². The number of carbonyl (C=O) groups is 1. The van der Waals surface area contributed by atoms with Crippen LogP contribution in [0.3, 0.4) is 0 Å². The van der Waals surface area contributed by atoms with Gasteiger partial charge in [0.25, 0.3) is 0 Å². The topological polar surface area (TPSA) is 54.3 Å². The Kier molecular flexibility index (Phi) is 3.91. The highest BCUT2D eigenvalue weighted by Crippen LogP contribution is 2.15. The maximum Gasteiger partial charge on any atom is 0.237 e. The summed E-state index contributed by atoms with van der Waals surface area (Å²) in [5.74, 6) is 1.61. The fraction of sp³-hybridized carbons (Fsp3) is 0.545. The fourth-order valence-electron chi connectivity index (χ4n) is 1.23. The Morgan fingerprint density at radius 2 is 2.07 bits per heavy atom. The zero-order valence-corrected chi connectivity index (χ0v) is 9.63. The molecule has 0 radical (unpaired) electrons. The quantitative estimate of drug-likeness (QED) is 0.789. The average molecular weight is 210 g/mol. The van der Waals surface area contributed by atoms with Crippen LogP contribution in [0.2, 0.25) is 0 Å². The zero-order valence-electron chi connectivity index (χ0n) is 9.63. The zero-order chi connectivity index (χ0) is 11.4. The number of likely N-dealkylation sites (N-methyl/N-ethyl adjacent to an activating group) is 1. The Hall–Kier alpha value is -1.29. The predicted molar refractivity (Wildman–Crippen MR) is 58.5 cm³/mol. The molecule has 0 aliphatic heterocycles. The van der Waals surface area contributed by atoms with E-state index in [1.807, 2.05) is 32.9 Å². The molecule has 15 heavy (non-hydrogen) atoms. The van der Waals surface area contributed by atoms with Crippen molar-refractivity contribution in [3.63, 3.8) is 0 Å². The molecule has 2 unspecified atom stereocenters. The Labute approximate surface area is 90.0 Å². The normalized spacial score (nSPS) is 14.7. The number of hydrogen-bond acceptors (Lipinski definition) is 3. The van der Waals surface area contributed by atoms with Crippen LogP contribution in [0.4, 0.5) is 0 Å². The smallest absolute Gasteiger partial charge is 0.237 e. The molecule has 0 bridgehead atoms. The van der Waals surface area contributed by atoms with Gasteiger partial charge in [0, 0.05) is 0 Å². The van der Waals surface area contributed by atoms with Gasteiger partial charge in [-0.05, 0) is 40.0 Å². The predicted octanol–water partition coefficient (Wildman–Crippen LogP) is 1.37. The molecule has 0 aliphatic carbocycles. The number of rotatable bonds is 4. The number of hydrogen-bond donors (Lipinski definition) is 2. The Morgan fingerprint density at radius 3 is 2.53 bits per heavy atom. The van der Waals surface area contributed by atoms with E-state index in [1.54, 1.807) is 7.05 Å². The standard InChI is InChI=1S/C11H18N2O2/c1-7-5-6-10(15-7)8(2)13-11(14)9(3)12-4/h5-6,8-9,12H,1-4H3,(H,13,14). The lowest BCUT2D eigenvalue weighted by atomic mass is 10.2. The first kappa shape index (κ1) is 11.8. The van der Waals surface area contributed by atoms with E-state index >= 15 is 0 Å². The van der Waals surface area contributed by atoms with E-state index in [0.29, 0.717) is 0 Å². The first-order valence-corrected chi connectivity index (χ1v) is 5.08. The highest BCUT2D eigenvalue weighted by atomic mass is 16.3. The monoisotopic (exact) mass is 210 g/mol. The van der Waals surface area contributed by atoms with Crippen molar-refractivity contribution in [2.75, 3.05) is 7.05 Å². The minimum atomic E-state index is -0.191. The summed E-state index contributed by atoms with van der Waals surface area (Å²) in [6, 6.07) is 3.48. The van der Waals surface area contributed by atoms with Gasteiger partial charge in [0.2, 0.25) is 5.91 Å². The summed E-state index contributed by atoms with van der Waals surface area (Å²) in [5.41, 5.74) is 0. The Morgan fingerprint density at radius 1 is 1.40 bits per heavy atom. The number of carbonyl (C=O) groups excluding carboxylic acids is 1. The highest BCUT2D eigenvalue weighted by molar-refractivity contribution is 5.81. The molecule has 1 amide bonds. The Bertz CT molecular complexity index is 333. The van der Waals surface area contributed by atoms with Gasteiger partial charge in [-0.15, -0.1) is 0 Å². The molecule has 2 atom stereocenters. The molecule has 2 N–H and O–H groups in total. The molecule has 0 aliphatic rings. The third-order valence-electron chi connectivity index (χ3n) is 2.37. The summed E-state index contributed by atoms with van der Waals surface area (Å²) in [4.78, 5) is 11.5. The lowest BCUT2D eigenvalue weighted by molar-refractivity contribution is -0.123. The summed E-state index contributed by atoms with van der Waals surface area (Å²) in [6.07, 6.45) is 0. The largest absolute Gasteiger partial charge is 0.464 e. The second-order valence-corrected chi connectivity index (χ2v) is 3.69. The summed E-state index contributed by atoms with van der Waals surface area (Å²) in [7, 11) is 1.76. The fourth-order valence-corrected chi connectivity index (χ4v) is 1.23. The molecular weight excluding hydrogens is 192 g/mol. The number of nitrogens with one attached hydrogen (secondary N) is 2. The van der Waals surface area contributed by atoms with E-state index in [4.69, 9.17) is 4.42 Å². The van der Waals surface area contributed by atoms with Gasteiger partial charge in [-0.3, -0.25) is 4.79 Å². The van der Waals surface area contributed by atoms with Crippen molar-refractivity contribution in [1.82, 2.24) is 10.6 Å². The van der Waals surface area contributed by atoms with Crippen LogP contribution in [0.15, 0.2) is 16.5 Å². The van der Waals surface area contributed by atoms with Crippen LogP contribution in [0.5, 0.6) is 0 Å². The molecule has 0 saturated heterocycles. The SMILES string of the molecule is CNC(C)C(=O)NC(C)c1ccc(C)o1. The van der Waals surface area contributed by atoms with E-state index in [9.17, 15) is 4.79 Å². The molecule has 0 aromatic carbocycles. The second-order valence-electron chi connectivity index (χ2n) is 3.69. The van der Waals surface area contributed by atoms with E-state index in [2.05, 4.69) is 10.6 Å². The maximum absolute atomic E-state index is 11.5. The van der Waals surface area contributed by atoms with Crippen LogP contribution in [0.25, 0.3) is 0 Å². The first-order valence-electron chi connectivity index (χ1n) is 5.08. The number of amides is 1. The van der Waals surface area contributed by atoms with Crippen molar-refractivity contribution >= 4 is 5.91 Å². The lowest BCUT2D eigenvalue weighted by Crippen LogP contribution is -2.41. The van der Waals surface area contributed by atoms with Gasteiger partial charge in [0.15, 0.2) is 0 Å². The number of furan rings is 1. The highest BCUT2D eigenvalue weighted by Gasteiger charge is 2.16. The minimum absolute atomic E-state index is 0.0287. The van der Waals surface area contributed by atoms with Crippen LogP contribution in [0, 0.1) is 6.92 Å². The molecule has 0 saturated carbocycles.